The Kier molecular flexibility index (Phi) is 5.48. The van der Waals surface area contributed by atoms with Gasteiger partial charge in [0, 0.05) is 18.7 Å². The van der Waals surface area contributed by atoms with Crippen LogP contribution in [0.15, 0.2) is 67.5 Å². The largest absolute Gasteiger partial charge is 0.431 e. The summed E-state index contributed by atoms with van der Waals surface area (Å²) in [5.41, 5.74) is 1.84. The normalized spacial score (nSPS) is 15.5. The van der Waals surface area contributed by atoms with E-state index < -0.39 is 10.0 Å². The van der Waals surface area contributed by atoms with Crippen molar-refractivity contribution in [3.63, 3.8) is 0 Å². The summed E-state index contributed by atoms with van der Waals surface area (Å²) in [6.45, 7) is 1.48. The van der Waals surface area contributed by atoms with Crippen LogP contribution in [0.4, 0.5) is 0 Å². The van der Waals surface area contributed by atoms with Crippen molar-refractivity contribution in [2.75, 3.05) is 26.3 Å². The molecule has 4 aromatic rings. The average molecular weight is 459 g/mol. The molecule has 31 heavy (non-hydrogen) atoms. The van der Waals surface area contributed by atoms with Crippen LogP contribution < -0.4 is 0 Å². The Hall–Kier alpha value is -2.73. The second kappa shape index (κ2) is 8.42. The number of aromatic nitrogens is 3. The third-order valence-corrected chi connectivity index (χ3v) is 7.46. The van der Waals surface area contributed by atoms with Gasteiger partial charge in [0.05, 0.1) is 23.9 Å². The van der Waals surface area contributed by atoms with Crippen LogP contribution in [0.25, 0.3) is 22.6 Å². The molecule has 0 saturated carbocycles. The number of hydrogen-bond acceptors (Lipinski definition) is 9. The molecule has 3 heterocycles. The van der Waals surface area contributed by atoms with Crippen molar-refractivity contribution in [3.8, 4) is 11.5 Å². The zero-order valence-electron chi connectivity index (χ0n) is 16.3. The van der Waals surface area contributed by atoms with E-state index in [2.05, 4.69) is 15.2 Å². The maximum atomic E-state index is 12.8. The molecule has 11 heteroatoms. The van der Waals surface area contributed by atoms with Gasteiger partial charge >= 0.3 is 0 Å². The molecule has 0 radical (unpaired) electrons. The number of oxazole rings is 1. The molecule has 1 aliphatic heterocycles. The van der Waals surface area contributed by atoms with E-state index in [4.69, 9.17) is 13.6 Å². The molecule has 0 aliphatic carbocycles. The number of benzene rings is 2. The molecule has 0 N–H and O–H groups in total. The molecular weight excluding hydrogens is 440 g/mol. The summed E-state index contributed by atoms with van der Waals surface area (Å²) >= 11 is 1.30. The Bertz CT molecular complexity index is 1300. The van der Waals surface area contributed by atoms with E-state index in [1.807, 2.05) is 30.3 Å². The van der Waals surface area contributed by atoms with Gasteiger partial charge in [-0.1, -0.05) is 30.0 Å². The van der Waals surface area contributed by atoms with Gasteiger partial charge in [0.2, 0.25) is 21.8 Å². The Morgan fingerprint density at radius 2 is 1.81 bits per heavy atom. The molecule has 0 amide bonds. The van der Waals surface area contributed by atoms with Crippen LogP contribution in [0.3, 0.4) is 0 Å². The molecule has 2 aromatic carbocycles. The molecule has 0 unspecified atom stereocenters. The Balaban J connectivity index is 1.31. The van der Waals surface area contributed by atoms with Crippen LogP contribution in [0, 0.1) is 0 Å². The minimum atomic E-state index is -3.59. The van der Waals surface area contributed by atoms with E-state index in [0.29, 0.717) is 60.2 Å². The number of sulfonamides is 1. The van der Waals surface area contributed by atoms with Crippen LogP contribution in [0.1, 0.15) is 5.89 Å². The summed E-state index contributed by atoms with van der Waals surface area (Å²) < 4.78 is 43.8. The topological polar surface area (TPSA) is 112 Å². The molecule has 1 aliphatic rings. The number of hydrogen-bond donors (Lipinski definition) is 0. The van der Waals surface area contributed by atoms with E-state index in [1.54, 1.807) is 6.07 Å². The van der Waals surface area contributed by atoms with E-state index in [-0.39, 0.29) is 4.90 Å². The fraction of sp³-hybridized carbons (Fsp3) is 0.250. The molecular formula is C20H18N4O5S2. The zero-order valence-corrected chi connectivity index (χ0v) is 17.9. The van der Waals surface area contributed by atoms with Gasteiger partial charge in [0.25, 0.3) is 5.22 Å². The van der Waals surface area contributed by atoms with Gasteiger partial charge in [0.1, 0.15) is 5.52 Å². The lowest BCUT2D eigenvalue weighted by molar-refractivity contribution is 0.0730. The van der Waals surface area contributed by atoms with Crippen molar-refractivity contribution in [2.24, 2.45) is 0 Å². The minimum absolute atomic E-state index is 0.191. The van der Waals surface area contributed by atoms with E-state index in [9.17, 15) is 8.42 Å². The number of nitrogens with zero attached hydrogens (tertiary/aromatic N) is 4. The van der Waals surface area contributed by atoms with Gasteiger partial charge in [0.15, 0.2) is 5.58 Å². The van der Waals surface area contributed by atoms with Gasteiger partial charge in [-0.2, -0.15) is 4.31 Å². The molecule has 5 rings (SSSR count). The highest BCUT2D eigenvalue weighted by Gasteiger charge is 2.27. The molecule has 0 spiro atoms. The monoisotopic (exact) mass is 458 g/mol. The number of rotatable bonds is 6. The Morgan fingerprint density at radius 1 is 1.00 bits per heavy atom. The lowest BCUT2D eigenvalue weighted by Crippen LogP contribution is -2.40. The molecule has 2 aromatic heterocycles. The van der Waals surface area contributed by atoms with Gasteiger partial charge in [-0.15, -0.1) is 10.2 Å². The maximum Gasteiger partial charge on any atom is 0.257 e. The van der Waals surface area contributed by atoms with Crippen LogP contribution in [0.2, 0.25) is 0 Å². The smallest absolute Gasteiger partial charge is 0.257 e. The van der Waals surface area contributed by atoms with Gasteiger partial charge in [-0.25, -0.2) is 13.4 Å². The first-order valence-electron chi connectivity index (χ1n) is 9.59. The fourth-order valence-corrected chi connectivity index (χ4v) is 5.28. The highest BCUT2D eigenvalue weighted by Crippen LogP contribution is 2.29. The summed E-state index contributed by atoms with van der Waals surface area (Å²) in [7, 11) is -3.59. The number of fused-ring (bicyclic) bond motifs is 1. The first-order chi connectivity index (χ1) is 15.1. The van der Waals surface area contributed by atoms with Crippen molar-refractivity contribution in [3.05, 3.63) is 54.4 Å². The molecule has 0 atom stereocenters. The van der Waals surface area contributed by atoms with Crippen molar-refractivity contribution in [1.29, 1.82) is 0 Å². The van der Waals surface area contributed by atoms with Gasteiger partial charge < -0.3 is 13.6 Å². The van der Waals surface area contributed by atoms with Crippen molar-refractivity contribution >= 4 is 32.9 Å². The average Bonchev–Trinajstić information content (AvgIpc) is 3.45. The lowest BCUT2D eigenvalue weighted by Gasteiger charge is -2.25. The summed E-state index contributed by atoms with van der Waals surface area (Å²) in [6.07, 6.45) is 0. The maximum absolute atomic E-state index is 12.8. The summed E-state index contributed by atoms with van der Waals surface area (Å²) in [5.74, 6) is 1.28. The van der Waals surface area contributed by atoms with Crippen molar-refractivity contribution in [1.82, 2.24) is 19.5 Å². The van der Waals surface area contributed by atoms with Crippen LogP contribution >= 0.6 is 11.8 Å². The first kappa shape index (κ1) is 20.2. The van der Waals surface area contributed by atoms with Crippen LogP contribution in [-0.4, -0.2) is 54.2 Å². The molecule has 1 fully saturated rings. The molecule has 1 saturated heterocycles. The fourth-order valence-electron chi connectivity index (χ4n) is 3.18. The predicted molar refractivity (Wildman–Crippen MR) is 113 cm³/mol. The molecule has 9 nitrogen and oxygen atoms in total. The summed E-state index contributed by atoms with van der Waals surface area (Å²) in [5, 5.41) is 8.52. The van der Waals surface area contributed by atoms with E-state index in [0.717, 1.165) is 5.56 Å². The Morgan fingerprint density at radius 3 is 2.61 bits per heavy atom. The van der Waals surface area contributed by atoms with Gasteiger partial charge in [-0.05, 0) is 30.3 Å². The summed E-state index contributed by atoms with van der Waals surface area (Å²) in [6, 6.07) is 14.2. The number of ether oxygens (including phenoxy) is 1. The third-order valence-electron chi connectivity index (χ3n) is 4.75. The highest BCUT2D eigenvalue weighted by atomic mass is 32.2. The number of morpholine rings is 1. The predicted octanol–water partition coefficient (Wildman–Crippen LogP) is 3.19. The van der Waals surface area contributed by atoms with Gasteiger partial charge in [-0.3, -0.25) is 0 Å². The molecule has 0 bridgehead atoms. The standard InChI is InChI=1S/C20H18N4O5S2/c25-31(26,24-8-10-27-11-9-24)15-6-7-17-16(12-15)21-20(28-17)30-13-18-22-23-19(29-18)14-4-2-1-3-5-14/h1-7,12H,8-11,13H2. The Labute approximate surface area is 182 Å². The first-order valence-corrected chi connectivity index (χ1v) is 12.0. The summed E-state index contributed by atoms with van der Waals surface area (Å²) in [4.78, 5) is 4.60. The van der Waals surface area contributed by atoms with Crippen LogP contribution in [0.5, 0.6) is 0 Å². The highest BCUT2D eigenvalue weighted by molar-refractivity contribution is 7.98. The SMILES string of the molecule is O=S(=O)(c1ccc2oc(SCc3nnc(-c4ccccc4)o3)nc2c1)N1CCOCC1. The van der Waals surface area contributed by atoms with E-state index in [1.165, 1.54) is 28.2 Å². The molecule has 160 valence electrons. The second-order valence-electron chi connectivity index (χ2n) is 6.78. The van der Waals surface area contributed by atoms with Crippen molar-refractivity contribution < 1.29 is 22.0 Å². The third kappa shape index (κ3) is 4.22. The second-order valence-corrected chi connectivity index (χ2v) is 9.65. The van der Waals surface area contributed by atoms with Crippen molar-refractivity contribution in [2.45, 2.75) is 15.9 Å². The lowest BCUT2D eigenvalue weighted by atomic mass is 10.2. The van der Waals surface area contributed by atoms with E-state index >= 15 is 0 Å². The quantitative estimate of drug-likeness (QED) is 0.402. The zero-order chi connectivity index (χ0) is 21.3. The minimum Gasteiger partial charge on any atom is -0.431 e. The van der Waals surface area contributed by atoms with Crippen LogP contribution in [-0.2, 0) is 20.5 Å². The number of thioether (sulfide) groups is 1.